The molecule has 1 aliphatic carbocycles. The Kier molecular flexibility index (Phi) is 5.49. The lowest BCUT2D eigenvalue weighted by atomic mass is 10.1. The quantitative estimate of drug-likeness (QED) is 0.569. The molecule has 5 heteroatoms. The number of amides is 1. The van der Waals surface area contributed by atoms with Crippen LogP contribution < -0.4 is 0 Å². The second-order valence-corrected chi connectivity index (χ2v) is 7.97. The van der Waals surface area contributed by atoms with Gasteiger partial charge in [0, 0.05) is 36.1 Å². The number of aromatic nitrogens is 2. The van der Waals surface area contributed by atoms with Crippen LogP contribution >= 0.6 is 11.6 Å². The number of carbonyl (C=O) groups excluding carboxylic acids is 1. The smallest absolute Gasteiger partial charge is 0.254 e. The van der Waals surface area contributed by atoms with Gasteiger partial charge < -0.3 is 9.47 Å². The second-order valence-electron chi connectivity index (χ2n) is 7.53. The van der Waals surface area contributed by atoms with E-state index in [0.29, 0.717) is 23.0 Å². The van der Waals surface area contributed by atoms with E-state index in [9.17, 15) is 4.79 Å². The molecular weight excluding hydrogens is 370 g/mol. The van der Waals surface area contributed by atoms with Crippen LogP contribution in [0.15, 0.2) is 60.9 Å². The first-order chi connectivity index (χ1) is 13.6. The number of hydrogen-bond acceptors (Lipinski definition) is 2. The Balaban J connectivity index is 1.54. The number of carbonyl (C=O) groups is 1. The van der Waals surface area contributed by atoms with E-state index in [1.54, 1.807) is 24.3 Å². The van der Waals surface area contributed by atoms with Gasteiger partial charge in [0.05, 0.1) is 6.54 Å². The summed E-state index contributed by atoms with van der Waals surface area (Å²) < 4.78 is 2.14. The van der Waals surface area contributed by atoms with E-state index in [2.05, 4.69) is 40.7 Å². The molecule has 0 atom stereocenters. The van der Waals surface area contributed by atoms with Crippen LogP contribution in [0.25, 0.3) is 0 Å². The summed E-state index contributed by atoms with van der Waals surface area (Å²) in [4.78, 5) is 19.6. The van der Waals surface area contributed by atoms with Gasteiger partial charge in [-0.15, -0.1) is 0 Å². The molecule has 0 aliphatic heterocycles. The summed E-state index contributed by atoms with van der Waals surface area (Å²) in [7, 11) is 0. The summed E-state index contributed by atoms with van der Waals surface area (Å²) in [5.41, 5.74) is 3.19. The molecule has 2 aromatic carbocycles. The van der Waals surface area contributed by atoms with Crippen molar-refractivity contribution < 1.29 is 4.79 Å². The summed E-state index contributed by atoms with van der Waals surface area (Å²) in [5.74, 6) is 1.55. The van der Waals surface area contributed by atoms with Gasteiger partial charge in [-0.05, 0) is 61.1 Å². The SMILES string of the molecule is Cc1ccccc1Cn1ccnc1CN(CC1CC1)C(=O)c1ccc(Cl)cc1. The molecule has 3 aromatic rings. The monoisotopic (exact) mass is 393 g/mol. The van der Waals surface area contributed by atoms with Crippen molar-refractivity contribution in [2.24, 2.45) is 5.92 Å². The fourth-order valence-electron chi connectivity index (χ4n) is 3.38. The molecule has 0 unspecified atom stereocenters. The largest absolute Gasteiger partial charge is 0.331 e. The van der Waals surface area contributed by atoms with E-state index in [4.69, 9.17) is 11.6 Å². The molecule has 1 saturated carbocycles. The minimum absolute atomic E-state index is 0.0361. The van der Waals surface area contributed by atoms with Crippen molar-refractivity contribution in [3.63, 3.8) is 0 Å². The van der Waals surface area contributed by atoms with E-state index in [-0.39, 0.29) is 5.91 Å². The molecule has 0 radical (unpaired) electrons. The highest BCUT2D eigenvalue weighted by Gasteiger charge is 2.28. The Morgan fingerprint density at radius 2 is 1.93 bits per heavy atom. The Morgan fingerprint density at radius 3 is 2.64 bits per heavy atom. The maximum absolute atomic E-state index is 13.1. The third-order valence-corrected chi connectivity index (χ3v) is 5.54. The first-order valence-electron chi connectivity index (χ1n) is 9.69. The minimum Gasteiger partial charge on any atom is -0.331 e. The zero-order valence-electron chi connectivity index (χ0n) is 16.0. The van der Waals surface area contributed by atoms with Crippen molar-refractivity contribution >= 4 is 17.5 Å². The van der Waals surface area contributed by atoms with E-state index in [1.807, 2.05) is 17.3 Å². The molecule has 28 heavy (non-hydrogen) atoms. The van der Waals surface area contributed by atoms with Gasteiger partial charge in [0.15, 0.2) is 0 Å². The maximum Gasteiger partial charge on any atom is 0.254 e. The molecule has 4 rings (SSSR count). The van der Waals surface area contributed by atoms with Crippen LogP contribution in [0.2, 0.25) is 5.02 Å². The lowest BCUT2D eigenvalue weighted by Crippen LogP contribution is -2.33. The number of nitrogens with zero attached hydrogens (tertiary/aromatic N) is 3. The van der Waals surface area contributed by atoms with Crippen LogP contribution in [0.4, 0.5) is 0 Å². The van der Waals surface area contributed by atoms with Gasteiger partial charge >= 0.3 is 0 Å². The third kappa shape index (κ3) is 4.45. The molecule has 0 spiro atoms. The standard InChI is InChI=1S/C23H24ClN3O/c1-17-4-2-3-5-20(17)15-26-13-12-25-22(26)16-27(14-18-6-7-18)23(28)19-8-10-21(24)11-9-19/h2-5,8-13,18H,6-7,14-16H2,1H3. The number of hydrogen-bond donors (Lipinski definition) is 0. The van der Waals surface area contributed by atoms with Crippen LogP contribution in [0.1, 0.15) is 40.2 Å². The number of rotatable bonds is 7. The van der Waals surface area contributed by atoms with E-state index < -0.39 is 0 Å². The van der Waals surface area contributed by atoms with Crippen LogP contribution in [-0.4, -0.2) is 26.9 Å². The predicted molar refractivity (Wildman–Crippen MR) is 111 cm³/mol. The van der Waals surface area contributed by atoms with Gasteiger partial charge in [0.2, 0.25) is 0 Å². The second kappa shape index (κ2) is 8.19. The van der Waals surface area contributed by atoms with Crippen LogP contribution in [0, 0.1) is 12.8 Å². The summed E-state index contributed by atoms with van der Waals surface area (Å²) >= 11 is 5.98. The van der Waals surface area contributed by atoms with Gasteiger partial charge in [0.1, 0.15) is 5.82 Å². The summed E-state index contributed by atoms with van der Waals surface area (Å²) in [6, 6.07) is 15.5. The molecule has 1 fully saturated rings. The van der Waals surface area contributed by atoms with E-state index in [0.717, 1.165) is 18.9 Å². The van der Waals surface area contributed by atoms with Crippen molar-refractivity contribution in [3.05, 3.63) is 88.5 Å². The predicted octanol–water partition coefficient (Wildman–Crippen LogP) is 4.95. The molecule has 1 heterocycles. The van der Waals surface area contributed by atoms with Gasteiger partial charge in [-0.3, -0.25) is 4.79 Å². The fraction of sp³-hybridized carbons (Fsp3) is 0.304. The molecule has 0 N–H and O–H groups in total. The fourth-order valence-corrected chi connectivity index (χ4v) is 3.51. The average Bonchev–Trinajstić information content (AvgIpc) is 3.41. The highest BCUT2D eigenvalue weighted by atomic mass is 35.5. The molecule has 4 nitrogen and oxygen atoms in total. The molecule has 1 amide bonds. The van der Waals surface area contributed by atoms with Crippen molar-refractivity contribution in [3.8, 4) is 0 Å². The number of imidazole rings is 1. The average molecular weight is 394 g/mol. The molecule has 0 saturated heterocycles. The zero-order valence-corrected chi connectivity index (χ0v) is 16.8. The lowest BCUT2D eigenvalue weighted by Gasteiger charge is -2.23. The first kappa shape index (κ1) is 18.8. The maximum atomic E-state index is 13.1. The summed E-state index contributed by atoms with van der Waals surface area (Å²) in [6.45, 7) is 4.17. The van der Waals surface area contributed by atoms with E-state index >= 15 is 0 Å². The van der Waals surface area contributed by atoms with Crippen molar-refractivity contribution in [2.75, 3.05) is 6.54 Å². The Hall–Kier alpha value is -2.59. The van der Waals surface area contributed by atoms with Gasteiger partial charge in [-0.1, -0.05) is 35.9 Å². The van der Waals surface area contributed by atoms with Crippen molar-refractivity contribution in [1.29, 1.82) is 0 Å². The number of aryl methyl sites for hydroxylation is 1. The van der Waals surface area contributed by atoms with Crippen LogP contribution in [0.3, 0.4) is 0 Å². The topological polar surface area (TPSA) is 38.1 Å². The molecule has 1 aliphatic rings. The lowest BCUT2D eigenvalue weighted by molar-refractivity contribution is 0.0729. The van der Waals surface area contributed by atoms with E-state index in [1.165, 1.54) is 24.0 Å². The molecule has 144 valence electrons. The normalized spacial score (nSPS) is 13.5. The van der Waals surface area contributed by atoms with Gasteiger partial charge in [0.25, 0.3) is 5.91 Å². The molecular formula is C23H24ClN3O. The van der Waals surface area contributed by atoms with Crippen molar-refractivity contribution in [1.82, 2.24) is 14.5 Å². The van der Waals surface area contributed by atoms with Gasteiger partial charge in [-0.2, -0.15) is 0 Å². The zero-order chi connectivity index (χ0) is 19.5. The third-order valence-electron chi connectivity index (χ3n) is 5.29. The first-order valence-corrected chi connectivity index (χ1v) is 10.1. The van der Waals surface area contributed by atoms with Crippen LogP contribution in [0.5, 0.6) is 0 Å². The summed E-state index contributed by atoms with van der Waals surface area (Å²) in [6.07, 6.45) is 6.20. The number of benzene rings is 2. The van der Waals surface area contributed by atoms with Crippen molar-refractivity contribution in [2.45, 2.75) is 32.9 Å². The molecule has 0 bridgehead atoms. The van der Waals surface area contributed by atoms with Gasteiger partial charge in [-0.25, -0.2) is 4.98 Å². The summed E-state index contributed by atoms with van der Waals surface area (Å²) in [5, 5.41) is 0.638. The highest BCUT2D eigenvalue weighted by Crippen LogP contribution is 2.30. The Bertz CT molecular complexity index is 960. The minimum atomic E-state index is 0.0361. The number of halogens is 1. The van der Waals surface area contributed by atoms with Crippen LogP contribution in [-0.2, 0) is 13.1 Å². The highest BCUT2D eigenvalue weighted by molar-refractivity contribution is 6.30. The Morgan fingerprint density at radius 1 is 1.18 bits per heavy atom. The molecule has 1 aromatic heterocycles. The Labute approximate surface area is 170 Å².